The van der Waals surface area contributed by atoms with E-state index in [2.05, 4.69) is 12.2 Å². The molecule has 0 N–H and O–H groups in total. The van der Waals surface area contributed by atoms with Crippen molar-refractivity contribution >= 4 is 17.5 Å². The predicted molar refractivity (Wildman–Crippen MR) is 69.0 cm³/mol. The molecular formula is C14H14O2S. The molecule has 1 aromatic rings. The number of thioether (sulfide) groups is 1. The van der Waals surface area contributed by atoms with Gasteiger partial charge in [-0.1, -0.05) is 42.5 Å². The Labute approximate surface area is 105 Å². The maximum atomic E-state index is 11.9. The Morgan fingerprint density at radius 2 is 2.06 bits per heavy atom. The largest absolute Gasteiger partial charge is 0.364 e. The van der Waals surface area contributed by atoms with Gasteiger partial charge in [0.15, 0.2) is 5.78 Å². The van der Waals surface area contributed by atoms with Crippen LogP contribution in [0.4, 0.5) is 0 Å². The minimum absolute atomic E-state index is 0.227. The number of ether oxygens (including phenoxy) is 1. The van der Waals surface area contributed by atoms with Gasteiger partial charge in [0, 0.05) is 11.7 Å². The second-order valence-electron chi connectivity index (χ2n) is 4.41. The number of carbonyl (C=O) groups excluding carboxylic acids is 1. The minimum Gasteiger partial charge on any atom is -0.364 e. The van der Waals surface area contributed by atoms with Crippen molar-refractivity contribution in [3.8, 4) is 0 Å². The Bertz CT molecular complexity index is 441. The van der Waals surface area contributed by atoms with E-state index in [-0.39, 0.29) is 17.1 Å². The lowest BCUT2D eigenvalue weighted by atomic mass is 10.1. The van der Waals surface area contributed by atoms with Crippen LogP contribution in [0.15, 0.2) is 42.5 Å². The SMILES string of the molecule is O=C1C[C@H]2C=C[C@H](S2)[C@H]1OCc1ccccc1. The Morgan fingerprint density at radius 1 is 1.24 bits per heavy atom. The van der Waals surface area contributed by atoms with Gasteiger partial charge in [-0.3, -0.25) is 4.79 Å². The van der Waals surface area contributed by atoms with Gasteiger partial charge in [0.1, 0.15) is 6.10 Å². The molecular weight excluding hydrogens is 232 g/mol. The molecule has 1 fully saturated rings. The average Bonchev–Trinajstić information content (AvgIpc) is 2.73. The summed E-state index contributed by atoms with van der Waals surface area (Å²) in [6.45, 7) is 0.521. The van der Waals surface area contributed by atoms with Crippen LogP contribution in [0.25, 0.3) is 0 Å². The number of hydrogen-bond donors (Lipinski definition) is 0. The predicted octanol–water partition coefficient (Wildman–Crippen LogP) is 2.58. The smallest absolute Gasteiger partial charge is 0.164 e. The summed E-state index contributed by atoms with van der Waals surface area (Å²) in [5.74, 6) is 0.250. The van der Waals surface area contributed by atoms with Gasteiger partial charge >= 0.3 is 0 Å². The second kappa shape index (κ2) is 4.67. The van der Waals surface area contributed by atoms with Crippen molar-refractivity contribution in [1.82, 2.24) is 0 Å². The minimum atomic E-state index is -0.254. The molecule has 0 radical (unpaired) electrons. The van der Waals surface area contributed by atoms with Crippen molar-refractivity contribution in [2.24, 2.45) is 0 Å². The quantitative estimate of drug-likeness (QED) is 0.767. The topological polar surface area (TPSA) is 26.3 Å². The van der Waals surface area contributed by atoms with Gasteiger partial charge in [-0.05, 0) is 5.56 Å². The van der Waals surface area contributed by atoms with Crippen molar-refractivity contribution in [3.05, 3.63) is 48.0 Å². The van der Waals surface area contributed by atoms with Crippen LogP contribution in [-0.2, 0) is 16.1 Å². The van der Waals surface area contributed by atoms with Crippen LogP contribution in [-0.4, -0.2) is 22.4 Å². The van der Waals surface area contributed by atoms with E-state index < -0.39 is 0 Å². The molecule has 2 heterocycles. The summed E-state index contributed by atoms with van der Waals surface area (Å²) in [7, 11) is 0. The number of fused-ring (bicyclic) bond motifs is 2. The molecule has 0 amide bonds. The highest BCUT2D eigenvalue weighted by atomic mass is 32.2. The highest BCUT2D eigenvalue weighted by molar-refractivity contribution is 8.01. The molecule has 0 unspecified atom stereocenters. The fourth-order valence-electron chi connectivity index (χ4n) is 2.26. The lowest BCUT2D eigenvalue weighted by Gasteiger charge is -2.27. The number of hydrogen-bond acceptors (Lipinski definition) is 3. The van der Waals surface area contributed by atoms with Crippen LogP contribution in [0.1, 0.15) is 12.0 Å². The average molecular weight is 246 g/mol. The van der Waals surface area contributed by atoms with E-state index in [9.17, 15) is 4.79 Å². The molecule has 2 aliphatic heterocycles. The summed E-state index contributed by atoms with van der Waals surface area (Å²) in [4.78, 5) is 11.9. The van der Waals surface area contributed by atoms with Crippen molar-refractivity contribution in [1.29, 1.82) is 0 Å². The number of Topliss-reactive ketones (excluding diaryl/α,β-unsaturated/α-hetero) is 1. The molecule has 3 heteroatoms. The maximum Gasteiger partial charge on any atom is 0.164 e. The van der Waals surface area contributed by atoms with Crippen LogP contribution >= 0.6 is 11.8 Å². The van der Waals surface area contributed by atoms with Crippen molar-refractivity contribution in [2.45, 2.75) is 29.6 Å². The van der Waals surface area contributed by atoms with Gasteiger partial charge < -0.3 is 4.74 Å². The van der Waals surface area contributed by atoms with E-state index in [1.54, 1.807) is 0 Å². The zero-order valence-electron chi connectivity index (χ0n) is 9.41. The lowest BCUT2D eigenvalue weighted by molar-refractivity contribution is -0.130. The highest BCUT2D eigenvalue weighted by Crippen LogP contribution is 2.38. The summed E-state index contributed by atoms with van der Waals surface area (Å²) in [6.07, 6.45) is 4.63. The molecule has 88 valence electrons. The molecule has 2 bridgehead atoms. The first-order chi connectivity index (χ1) is 8.33. The van der Waals surface area contributed by atoms with Crippen LogP contribution in [0.2, 0.25) is 0 Å². The Hall–Kier alpha value is -1.06. The fraction of sp³-hybridized carbons (Fsp3) is 0.357. The van der Waals surface area contributed by atoms with Gasteiger partial charge in [-0.2, -0.15) is 0 Å². The number of ketones is 1. The molecule has 1 aromatic carbocycles. The lowest BCUT2D eigenvalue weighted by Crippen LogP contribution is -2.37. The second-order valence-corrected chi connectivity index (χ2v) is 5.83. The Morgan fingerprint density at radius 3 is 2.88 bits per heavy atom. The van der Waals surface area contributed by atoms with Gasteiger partial charge in [0.2, 0.25) is 0 Å². The summed E-state index contributed by atoms with van der Waals surface area (Å²) in [5.41, 5.74) is 1.12. The van der Waals surface area contributed by atoms with Crippen molar-refractivity contribution in [2.75, 3.05) is 0 Å². The van der Waals surface area contributed by atoms with E-state index in [1.807, 2.05) is 42.1 Å². The van der Waals surface area contributed by atoms with Crippen molar-refractivity contribution in [3.63, 3.8) is 0 Å². The third-order valence-electron chi connectivity index (χ3n) is 3.14. The molecule has 0 spiro atoms. The normalized spacial score (nSPS) is 30.8. The monoisotopic (exact) mass is 246 g/mol. The zero-order chi connectivity index (χ0) is 11.7. The third kappa shape index (κ3) is 2.31. The van der Waals surface area contributed by atoms with Gasteiger partial charge in [-0.15, -0.1) is 11.8 Å². The van der Waals surface area contributed by atoms with E-state index in [4.69, 9.17) is 4.74 Å². The summed E-state index contributed by atoms with van der Waals surface area (Å²) >= 11 is 1.84. The van der Waals surface area contributed by atoms with Crippen LogP contribution < -0.4 is 0 Å². The molecule has 0 aromatic heterocycles. The summed E-state index contributed by atoms with van der Waals surface area (Å²) in [5, 5.41) is 0.619. The first-order valence-corrected chi connectivity index (χ1v) is 6.79. The molecule has 0 aliphatic carbocycles. The van der Waals surface area contributed by atoms with E-state index in [1.165, 1.54) is 0 Å². The van der Waals surface area contributed by atoms with E-state index >= 15 is 0 Å². The summed E-state index contributed by atoms with van der Waals surface area (Å²) in [6, 6.07) is 10.0. The first kappa shape index (κ1) is 11.1. The molecule has 1 saturated heterocycles. The standard InChI is InChI=1S/C14H14O2S/c15-12-8-11-6-7-13(17-11)14(12)16-9-10-4-2-1-3-5-10/h1-7,11,13-14H,8-9H2/t11-,13+,14+/m1/s1. The molecule has 17 heavy (non-hydrogen) atoms. The van der Waals surface area contributed by atoms with E-state index in [0.717, 1.165) is 5.56 Å². The number of carbonyl (C=O) groups is 1. The van der Waals surface area contributed by atoms with Crippen LogP contribution in [0.5, 0.6) is 0 Å². The molecule has 0 saturated carbocycles. The summed E-state index contributed by atoms with van der Waals surface area (Å²) < 4.78 is 5.79. The zero-order valence-corrected chi connectivity index (χ0v) is 10.2. The maximum absolute atomic E-state index is 11.9. The van der Waals surface area contributed by atoms with Gasteiger partial charge in [0.05, 0.1) is 11.9 Å². The van der Waals surface area contributed by atoms with Gasteiger partial charge in [0.25, 0.3) is 0 Å². The van der Waals surface area contributed by atoms with Crippen LogP contribution in [0.3, 0.4) is 0 Å². The third-order valence-corrected chi connectivity index (χ3v) is 4.53. The fourth-order valence-corrected chi connectivity index (χ4v) is 3.66. The Kier molecular flexibility index (Phi) is 3.04. The number of rotatable bonds is 3. The van der Waals surface area contributed by atoms with Crippen LogP contribution in [0, 0.1) is 0 Å². The van der Waals surface area contributed by atoms with Gasteiger partial charge in [-0.25, -0.2) is 0 Å². The highest BCUT2D eigenvalue weighted by Gasteiger charge is 2.39. The molecule has 2 aliphatic rings. The first-order valence-electron chi connectivity index (χ1n) is 5.85. The number of benzene rings is 1. The molecule has 2 nitrogen and oxygen atoms in total. The molecule has 3 atom stereocenters. The van der Waals surface area contributed by atoms with Crippen molar-refractivity contribution < 1.29 is 9.53 Å². The molecule has 3 rings (SSSR count). The van der Waals surface area contributed by atoms with E-state index in [0.29, 0.717) is 18.3 Å². The Balaban J connectivity index is 1.65.